The fourth-order valence-corrected chi connectivity index (χ4v) is 8.86. The monoisotopic (exact) mass is 522 g/mol. The minimum atomic E-state index is -2.36. The molecule has 28 heavy (non-hydrogen) atoms. The SMILES string of the molecule is CC(C)(C)[Si](OCCCCCCC=C(Br)Br)(c1ccccc1)c1ccccc1. The lowest BCUT2D eigenvalue weighted by Gasteiger charge is -2.43. The second kappa shape index (κ2) is 11.5. The molecule has 0 aliphatic rings. The lowest BCUT2D eigenvalue weighted by atomic mass is 10.1. The highest BCUT2D eigenvalue weighted by atomic mass is 79.9. The van der Waals surface area contributed by atoms with Gasteiger partial charge in [0.25, 0.3) is 8.32 Å². The molecule has 152 valence electrons. The van der Waals surface area contributed by atoms with Gasteiger partial charge in [-0.1, -0.05) is 100 Å². The smallest absolute Gasteiger partial charge is 0.261 e. The molecule has 2 aromatic carbocycles. The molecular formula is C24H32Br2OSi. The van der Waals surface area contributed by atoms with Crippen LogP contribution in [-0.4, -0.2) is 14.9 Å². The van der Waals surface area contributed by atoms with Gasteiger partial charge in [0.1, 0.15) is 0 Å². The topological polar surface area (TPSA) is 9.23 Å². The molecule has 0 spiro atoms. The summed E-state index contributed by atoms with van der Waals surface area (Å²) in [4.78, 5) is 0. The second-order valence-electron chi connectivity index (χ2n) is 8.21. The zero-order valence-corrected chi connectivity index (χ0v) is 21.4. The summed E-state index contributed by atoms with van der Waals surface area (Å²) in [6.45, 7) is 7.84. The van der Waals surface area contributed by atoms with Crippen LogP contribution in [0.25, 0.3) is 0 Å². The third kappa shape index (κ3) is 6.41. The number of rotatable bonds is 10. The maximum atomic E-state index is 6.92. The van der Waals surface area contributed by atoms with E-state index in [4.69, 9.17) is 4.43 Å². The molecule has 0 aliphatic heterocycles. The van der Waals surface area contributed by atoms with Crippen LogP contribution in [0, 0.1) is 0 Å². The summed E-state index contributed by atoms with van der Waals surface area (Å²) in [5, 5.41) is 2.78. The number of benzene rings is 2. The van der Waals surface area contributed by atoms with Crippen LogP contribution in [0.15, 0.2) is 70.1 Å². The van der Waals surface area contributed by atoms with Crippen molar-refractivity contribution in [1.82, 2.24) is 0 Å². The van der Waals surface area contributed by atoms with Gasteiger partial charge in [0.05, 0.1) is 3.39 Å². The van der Waals surface area contributed by atoms with E-state index >= 15 is 0 Å². The molecule has 0 heterocycles. The Balaban J connectivity index is 2.13. The molecule has 0 saturated carbocycles. The van der Waals surface area contributed by atoms with Crippen LogP contribution in [0.4, 0.5) is 0 Å². The van der Waals surface area contributed by atoms with Gasteiger partial charge >= 0.3 is 0 Å². The summed E-state index contributed by atoms with van der Waals surface area (Å²) >= 11 is 6.83. The minimum absolute atomic E-state index is 0.0582. The van der Waals surface area contributed by atoms with Gasteiger partial charge in [0.2, 0.25) is 0 Å². The Bertz CT molecular complexity index is 680. The van der Waals surface area contributed by atoms with Crippen molar-refractivity contribution >= 4 is 50.6 Å². The van der Waals surface area contributed by atoms with E-state index in [2.05, 4.69) is 119 Å². The van der Waals surface area contributed by atoms with E-state index in [1.54, 1.807) is 0 Å². The van der Waals surface area contributed by atoms with Crippen LogP contribution in [0.5, 0.6) is 0 Å². The third-order valence-corrected chi connectivity index (χ3v) is 10.8. The molecule has 0 bridgehead atoms. The molecule has 0 aromatic heterocycles. The molecular weight excluding hydrogens is 492 g/mol. The standard InChI is InChI=1S/C24H32Br2OSi/c1-24(2,3)28(21-15-9-7-10-16-21,22-17-11-8-12-18-22)27-20-14-6-4-5-13-19-23(25)26/h7-12,15-19H,4-6,13-14,20H2,1-3H3. The Hall–Kier alpha value is -0.683. The third-order valence-electron chi connectivity index (χ3n) is 5.13. The van der Waals surface area contributed by atoms with Crippen molar-refractivity contribution in [3.8, 4) is 0 Å². The van der Waals surface area contributed by atoms with Crippen LogP contribution in [0.1, 0.15) is 52.9 Å². The first-order valence-electron chi connectivity index (χ1n) is 10.1. The van der Waals surface area contributed by atoms with Gasteiger partial charge < -0.3 is 4.43 Å². The molecule has 4 heteroatoms. The minimum Gasteiger partial charge on any atom is -0.407 e. The summed E-state index contributed by atoms with van der Waals surface area (Å²) in [5.41, 5.74) is 0. The molecule has 1 nitrogen and oxygen atoms in total. The van der Waals surface area contributed by atoms with Gasteiger partial charge in [0.15, 0.2) is 0 Å². The zero-order valence-electron chi connectivity index (χ0n) is 17.3. The van der Waals surface area contributed by atoms with Crippen LogP contribution < -0.4 is 10.4 Å². The van der Waals surface area contributed by atoms with Crippen molar-refractivity contribution in [3.05, 3.63) is 70.1 Å². The summed E-state index contributed by atoms with van der Waals surface area (Å²) in [5.74, 6) is 0. The summed E-state index contributed by atoms with van der Waals surface area (Å²) < 4.78 is 7.97. The fraction of sp³-hybridized carbons (Fsp3) is 0.417. The van der Waals surface area contributed by atoms with E-state index in [1.807, 2.05) is 0 Å². The van der Waals surface area contributed by atoms with Gasteiger partial charge in [-0.3, -0.25) is 0 Å². The van der Waals surface area contributed by atoms with Crippen LogP contribution >= 0.6 is 31.9 Å². The van der Waals surface area contributed by atoms with E-state index < -0.39 is 8.32 Å². The Kier molecular flexibility index (Phi) is 9.68. The average molecular weight is 524 g/mol. The summed E-state index contributed by atoms with van der Waals surface area (Å²) in [6.07, 6.45) is 8.09. The number of halogens is 2. The van der Waals surface area contributed by atoms with E-state index in [1.165, 1.54) is 29.6 Å². The number of hydrogen-bond donors (Lipinski definition) is 0. The van der Waals surface area contributed by atoms with Crippen molar-refractivity contribution in [3.63, 3.8) is 0 Å². The fourth-order valence-electron chi connectivity index (χ4n) is 3.80. The highest BCUT2D eigenvalue weighted by Gasteiger charge is 2.49. The van der Waals surface area contributed by atoms with Gasteiger partial charge in [-0.25, -0.2) is 0 Å². The highest BCUT2D eigenvalue weighted by molar-refractivity contribution is 9.28. The lowest BCUT2D eigenvalue weighted by Crippen LogP contribution is -2.66. The molecule has 0 N–H and O–H groups in total. The first-order chi connectivity index (χ1) is 13.4. The molecule has 0 saturated heterocycles. The van der Waals surface area contributed by atoms with E-state index in [9.17, 15) is 0 Å². The largest absolute Gasteiger partial charge is 0.407 e. The maximum absolute atomic E-state index is 6.92. The van der Waals surface area contributed by atoms with Crippen molar-refractivity contribution in [1.29, 1.82) is 0 Å². The molecule has 0 atom stereocenters. The Morgan fingerprint density at radius 2 is 1.32 bits per heavy atom. The van der Waals surface area contributed by atoms with Gasteiger partial charge in [-0.05, 0) is 66.5 Å². The molecule has 0 fully saturated rings. The quantitative estimate of drug-likeness (QED) is 0.237. The highest BCUT2D eigenvalue weighted by Crippen LogP contribution is 2.36. The summed E-state index contributed by atoms with van der Waals surface area (Å²) in [6, 6.07) is 21.8. The van der Waals surface area contributed by atoms with Crippen molar-refractivity contribution in [2.24, 2.45) is 0 Å². The lowest BCUT2D eigenvalue weighted by molar-refractivity contribution is 0.286. The van der Waals surface area contributed by atoms with E-state index in [0.717, 1.165) is 22.8 Å². The molecule has 0 aliphatic carbocycles. The maximum Gasteiger partial charge on any atom is 0.261 e. The molecule has 2 aromatic rings. The Labute approximate surface area is 189 Å². The number of allylic oxidation sites excluding steroid dienone is 1. The van der Waals surface area contributed by atoms with Gasteiger partial charge in [-0.15, -0.1) is 0 Å². The predicted molar refractivity (Wildman–Crippen MR) is 133 cm³/mol. The van der Waals surface area contributed by atoms with Crippen LogP contribution in [-0.2, 0) is 4.43 Å². The summed E-state index contributed by atoms with van der Waals surface area (Å²) in [7, 11) is -2.36. The van der Waals surface area contributed by atoms with Crippen molar-refractivity contribution in [2.45, 2.75) is 57.9 Å². The van der Waals surface area contributed by atoms with E-state index in [0.29, 0.717) is 0 Å². The van der Waals surface area contributed by atoms with Gasteiger partial charge in [0, 0.05) is 6.61 Å². The normalized spacial score (nSPS) is 12.0. The number of hydrogen-bond acceptors (Lipinski definition) is 1. The van der Waals surface area contributed by atoms with Crippen LogP contribution in [0.2, 0.25) is 5.04 Å². The Morgan fingerprint density at radius 1 is 0.821 bits per heavy atom. The molecule has 0 amide bonds. The number of unbranched alkanes of at least 4 members (excludes halogenated alkanes) is 4. The van der Waals surface area contributed by atoms with Crippen molar-refractivity contribution in [2.75, 3.05) is 6.61 Å². The molecule has 0 unspecified atom stereocenters. The first kappa shape index (κ1) is 23.6. The molecule has 0 radical (unpaired) electrons. The van der Waals surface area contributed by atoms with Gasteiger partial charge in [-0.2, -0.15) is 0 Å². The average Bonchev–Trinajstić information content (AvgIpc) is 2.67. The van der Waals surface area contributed by atoms with Crippen LogP contribution in [0.3, 0.4) is 0 Å². The first-order valence-corrected chi connectivity index (χ1v) is 13.6. The zero-order chi connectivity index (χ0) is 20.5. The predicted octanol–water partition coefficient (Wildman–Crippen LogP) is 7.14. The molecule has 2 rings (SSSR count). The van der Waals surface area contributed by atoms with Crippen molar-refractivity contribution < 1.29 is 4.43 Å². The van der Waals surface area contributed by atoms with E-state index in [-0.39, 0.29) is 5.04 Å². The Morgan fingerprint density at radius 3 is 1.79 bits per heavy atom. The second-order valence-corrected chi connectivity index (χ2v) is 15.3.